The summed E-state index contributed by atoms with van der Waals surface area (Å²) in [5.41, 5.74) is 2.69. The van der Waals surface area contributed by atoms with E-state index in [-0.39, 0.29) is 17.8 Å². The lowest BCUT2D eigenvalue weighted by Gasteiger charge is -2.25. The maximum atomic E-state index is 11.3. The summed E-state index contributed by atoms with van der Waals surface area (Å²) in [6.45, 7) is 5.11. The number of imidazole rings is 1. The summed E-state index contributed by atoms with van der Waals surface area (Å²) in [5, 5.41) is 3.51. The SMILES string of the molecule is CCNC(c1ccc2[nH]c(=O)[nH]c2c1)C1CCC(C)O1. The Labute approximate surface area is 117 Å². The van der Waals surface area contributed by atoms with Crippen molar-refractivity contribution in [2.45, 2.75) is 44.9 Å². The molecule has 20 heavy (non-hydrogen) atoms. The average molecular weight is 275 g/mol. The van der Waals surface area contributed by atoms with Gasteiger partial charge in [-0.1, -0.05) is 13.0 Å². The van der Waals surface area contributed by atoms with E-state index in [1.165, 1.54) is 0 Å². The van der Waals surface area contributed by atoms with Crippen LogP contribution < -0.4 is 11.0 Å². The lowest BCUT2D eigenvalue weighted by molar-refractivity contribution is 0.0320. The predicted molar refractivity (Wildman–Crippen MR) is 78.9 cm³/mol. The van der Waals surface area contributed by atoms with Crippen LogP contribution in [0, 0.1) is 0 Å². The number of likely N-dealkylation sites (N-methyl/N-ethyl adjacent to an activating group) is 1. The topological polar surface area (TPSA) is 69.9 Å². The molecule has 1 aliphatic heterocycles. The second-order valence-electron chi connectivity index (χ2n) is 5.48. The fourth-order valence-corrected chi connectivity index (χ4v) is 3.01. The van der Waals surface area contributed by atoms with E-state index < -0.39 is 0 Å². The standard InChI is InChI=1S/C15H21N3O2/c1-3-16-14(13-7-4-9(2)20-13)10-5-6-11-12(8-10)18-15(19)17-11/h5-6,8-9,13-14,16H,3-4,7H2,1-2H3,(H2,17,18,19). The van der Waals surface area contributed by atoms with Crippen LogP contribution in [0.25, 0.3) is 11.0 Å². The number of fused-ring (bicyclic) bond motifs is 1. The van der Waals surface area contributed by atoms with Crippen molar-refractivity contribution in [1.29, 1.82) is 0 Å². The summed E-state index contributed by atoms with van der Waals surface area (Å²) in [7, 11) is 0. The molecule has 0 radical (unpaired) electrons. The number of rotatable bonds is 4. The molecule has 1 saturated heterocycles. The van der Waals surface area contributed by atoms with Crippen molar-refractivity contribution in [3.8, 4) is 0 Å². The van der Waals surface area contributed by atoms with Crippen LogP contribution in [0.2, 0.25) is 0 Å². The zero-order valence-electron chi connectivity index (χ0n) is 11.9. The Kier molecular flexibility index (Phi) is 3.63. The van der Waals surface area contributed by atoms with Crippen LogP contribution in [0.5, 0.6) is 0 Å². The number of aromatic amines is 2. The van der Waals surface area contributed by atoms with Crippen LogP contribution in [0.4, 0.5) is 0 Å². The third-order valence-corrected chi connectivity index (χ3v) is 3.96. The molecule has 3 atom stereocenters. The van der Waals surface area contributed by atoms with Gasteiger partial charge in [-0.15, -0.1) is 0 Å². The molecular formula is C15H21N3O2. The highest BCUT2D eigenvalue weighted by atomic mass is 16.5. The van der Waals surface area contributed by atoms with Crippen LogP contribution in [0.15, 0.2) is 23.0 Å². The van der Waals surface area contributed by atoms with E-state index in [1.807, 2.05) is 12.1 Å². The summed E-state index contributed by atoms with van der Waals surface area (Å²) in [6, 6.07) is 6.22. The molecular weight excluding hydrogens is 254 g/mol. The first kappa shape index (κ1) is 13.4. The second-order valence-corrected chi connectivity index (χ2v) is 5.48. The number of hydrogen-bond donors (Lipinski definition) is 3. The van der Waals surface area contributed by atoms with Crippen LogP contribution in [0.1, 0.15) is 38.3 Å². The first-order valence-corrected chi connectivity index (χ1v) is 7.28. The minimum atomic E-state index is -0.164. The molecule has 5 nitrogen and oxygen atoms in total. The monoisotopic (exact) mass is 275 g/mol. The number of ether oxygens (including phenoxy) is 1. The van der Waals surface area contributed by atoms with Gasteiger partial charge in [-0.25, -0.2) is 4.79 Å². The second kappa shape index (κ2) is 5.42. The summed E-state index contributed by atoms with van der Waals surface area (Å²) in [6.07, 6.45) is 2.71. The van der Waals surface area contributed by atoms with E-state index in [1.54, 1.807) is 0 Å². The van der Waals surface area contributed by atoms with Gasteiger partial charge in [0, 0.05) is 0 Å². The average Bonchev–Trinajstić information content (AvgIpc) is 3.00. The minimum Gasteiger partial charge on any atom is -0.373 e. The summed E-state index contributed by atoms with van der Waals surface area (Å²) < 4.78 is 6.01. The van der Waals surface area contributed by atoms with E-state index in [4.69, 9.17) is 4.74 Å². The molecule has 2 aromatic rings. The van der Waals surface area contributed by atoms with Crippen molar-refractivity contribution in [2.24, 2.45) is 0 Å². The molecule has 0 saturated carbocycles. The van der Waals surface area contributed by atoms with Crippen molar-refractivity contribution in [3.05, 3.63) is 34.2 Å². The molecule has 2 heterocycles. The number of benzene rings is 1. The molecule has 1 fully saturated rings. The Morgan fingerprint density at radius 2 is 2.15 bits per heavy atom. The smallest absolute Gasteiger partial charge is 0.323 e. The van der Waals surface area contributed by atoms with Crippen LogP contribution in [-0.2, 0) is 4.74 Å². The van der Waals surface area contributed by atoms with Gasteiger partial charge >= 0.3 is 5.69 Å². The van der Waals surface area contributed by atoms with Gasteiger partial charge in [0.25, 0.3) is 0 Å². The molecule has 3 unspecified atom stereocenters. The lowest BCUT2D eigenvalue weighted by Crippen LogP contribution is -2.32. The molecule has 1 aliphatic rings. The Balaban J connectivity index is 1.93. The van der Waals surface area contributed by atoms with E-state index in [2.05, 4.69) is 35.2 Å². The van der Waals surface area contributed by atoms with Gasteiger partial charge in [-0.3, -0.25) is 0 Å². The molecule has 0 aliphatic carbocycles. The highest BCUT2D eigenvalue weighted by molar-refractivity contribution is 5.75. The molecule has 5 heteroatoms. The third-order valence-electron chi connectivity index (χ3n) is 3.96. The van der Waals surface area contributed by atoms with Crippen molar-refractivity contribution < 1.29 is 4.74 Å². The number of H-pyrrole nitrogens is 2. The molecule has 1 aromatic heterocycles. The molecule has 3 N–H and O–H groups in total. The normalized spacial score (nSPS) is 24.3. The van der Waals surface area contributed by atoms with Crippen LogP contribution in [-0.4, -0.2) is 28.7 Å². The summed E-state index contributed by atoms with van der Waals surface area (Å²) in [5.74, 6) is 0. The van der Waals surface area contributed by atoms with E-state index in [0.29, 0.717) is 6.10 Å². The van der Waals surface area contributed by atoms with E-state index in [0.717, 1.165) is 36.0 Å². The highest BCUT2D eigenvalue weighted by Crippen LogP contribution is 2.30. The first-order chi connectivity index (χ1) is 9.67. The van der Waals surface area contributed by atoms with Crippen molar-refractivity contribution in [1.82, 2.24) is 15.3 Å². The number of nitrogens with one attached hydrogen (secondary N) is 3. The fraction of sp³-hybridized carbons (Fsp3) is 0.533. The van der Waals surface area contributed by atoms with Gasteiger partial charge in [-0.2, -0.15) is 0 Å². The zero-order valence-corrected chi connectivity index (χ0v) is 11.9. The quantitative estimate of drug-likeness (QED) is 0.800. The van der Waals surface area contributed by atoms with Crippen molar-refractivity contribution in [2.75, 3.05) is 6.54 Å². The Morgan fingerprint density at radius 3 is 2.85 bits per heavy atom. The van der Waals surface area contributed by atoms with E-state index in [9.17, 15) is 4.79 Å². The van der Waals surface area contributed by atoms with Gasteiger partial charge in [0.05, 0.1) is 29.3 Å². The Morgan fingerprint density at radius 1 is 1.35 bits per heavy atom. The fourth-order valence-electron chi connectivity index (χ4n) is 3.01. The van der Waals surface area contributed by atoms with Crippen LogP contribution >= 0.6 is 0 Å². The number of hydrogen-bond acceptors (Lipinski definition) is 3. The van der Waals surface area contributed by atoms with Gasteiger partial charge < -0.3 is 20.0 Å². The van der Waals surface area contributed by atoms with Crippen LogP contribution in [0.3, 0.4) is 0 Å². The summed E-state index contributed by atoms with van der Waals surface area (Å²) >= 11 is 0. The van der Waals surface area contributed by atoms with Gasteiger partial charge in [0.15, 0.2) is 0 Å². The molecule has 0 amide bonds. The molecule has 0 spiro atoms. The summed E-state index contributed by atoms with van der Waals surface area (Å²) in [4.78, 5) is 16.9. The lowest BCUT2D eigenvalue weighted by atomic mass is 9.98. The maximum absolute atomic E-state index is 11.3. The zero-order chi connectivity index (χ0) is 14.1. The highest BCUT2D eigenvalue weighted by Gasteiger charge is 2.30. The van der Waals surface area contributed by atoms with Gasteiger partial charge in [-0.05, 0) is 44.0 Å². The first-order valence-electron chi connectivity index (χ1n) is 7.28. The molecule has 108 valence electrons. The van der Waals surface area contributed by atoms with Crippen molar-refractivity contribution in [3.63, 3.8) is 0 Å². The predicted octanol–water partition coefficient (Wildman–Crippen LogP) is 2.07. The van der Waals surface area contributed by atoms with Crippen molar-refractivity contribution >= 4 is 11.0 Å². The van der Waals surface area contributed by atoms with Gasteiger partial charge in [0.1, 0.15) is 0 Å². The Hall–Kier alpha value is -1.59. The molecule has 3 rings (SSSR count). The third kappa shape index (κ3) is 2.51. The Bertz CT molecular complexity index is 646. The van der Waals surface area contributed by atoms with E-state index >= 15 is 0 Å². The largest absolute Gasteiger partial charge is 0.373 e. The molecule has 1 aromatic carbocycles. The van der Waals surface area contributed by atoms with Gasteiger partial charge in [0.2, 0.25) is 0 Å². The maximum Gasteiger partial charge on any atom is 0.323 e. The number of aromatic nitrogens is 2. The minimum absolute atomic E-state index is 0.164. The molecule has 0 bridgehead atoms.